The lowest BCUT2D eigenvalue weighted by Gasteiger charge is -2.23. The summed E-state index contributed by atoms with van der Waals surface area (Å²) < 4.78 is 28.9. The zero-order chi connectivity index (χ0) is 46.3. The smallest absolute Gasteiger partial charge is 0.408 e. The van der Waals surface area contributed by atoms with E-state index < -0.39 is 72.7 Å². The van der Waals surface area contributed by atoms with Gasteiger partial charge in [-0.3, -0.25) is 23.9 Å². The van der Waals surface area contributed by atoms with E-state index >= 15 is 0 Å². The number of amides is 1. The summed E-state index contributed by atoms with van der Waals surface area (Å²) in [7, 11) is 0. The van der Waals surface area contributed by atoms with E-state index in [2.05, 4.69) is 27.2 Å². The number of nitrogen functional groups attached to an aromatic ring is 1. The molecule has 0 saturated carbocycles. The maximum atomic E-state index is 13.3. The number of anilines is 1. The summed E-state index contributed by atoms with van der Waals surface area (Å²) in [5, 5.41) is 24.1. The fourth-order valence-electron chi connectivity index (χ4n) is 7.46. The number of rotatable bonds is 30. The molecule has 1 aliphatic rings. The Morgan fingerprint density at radius 2 is 1.44 bits per heavy atom. The van der Waals surface area contributed by atoms with E-state index in [0.717, 1.165) is 24.8 Å². The molecular formula is C46H70N6O12. The van der Waals surface area contributed by atoms with Crippen molar-refractivity contribution in [1.29, 1.82) is 0 Å². The van der Waals surface area contributed by atoms with Gasteiger partial charge < -0.3 is 44.9 Å². The van der Waals surface area contributed by atoms with Crippen molar-refractivity contribution in [3.63, 3.8) is 0 Å². The standard InChI is InChI=1S/C46H70N6O12/c1-4-5-6-7-8-9-10-11-12-13-14-15-16-17-21-24-35(53)60-27-33(28-62-44(58)37(31(2)3)49-46(59)63-26-32-22-19-18-20-23-32)25-36(54)61-29-34-39(55)40(56)43(64-34)52-30-48-38-41(52)50-45(47)51-42(38)57/h18-20,22-23,30-31,33-34,37,39-40,43,55-56H,4-17,21,24-29H2,1-3H3,(H,49,59)(H3,47,50,51,57)/t33?,34-,37+,39-,40+,43?/m1/s1. The number of ether oxygens (including phenoxy) is 5. The fourth-order valence-corrected chi connectivity index (χ4v) is 7.46. The predicted molar refractivity (Wildman–Crippen MR) is 237 cm³/mol. The SMILES string of the molecule is CCCCCCCCCCCCCCCCCC(=O)OCC(COC(=O)[C@@H](NC(=O)OCc1ccccc1)C(C)C)CC(=O)OC[C@H]1OC(n2cnc3c(=O)[nH]c(N)nc32)[C@@H](O)[C@@H]1O. The molecule has 6 atom stereocenters. The first-order chi connectivity index (χ1) is 30.9. The Morgan fingerprint density at radius 3 is 2.06 bits per heavy atom. The molecule has 3 heterocycles. The quantitative estimate of drug-likeness (QED) is 0.0285. The zero-order valence-corrected chi connectivity index (χ0v) is 37.8. The Balaban J connectivity index is 1.24. The number of aromatic amines is 1. The van der Waals surface area contributed by atoms with Crippen LogP contribution in [0.4, 0.5) is 10.7 Å². The van der Waals surface area contributed by atoms with Crippen molar-refractivity contribution in [2.75, 3.05) is 25.6 Å². The van der Waals surface area contributed by atoms with E-state index in [1.165, 1.54) is 81.5 Å². The van der Waals surface area contributed by atoms with Gasteiger partial charge in [0.2, 0.25) is 5.95 Å². The van der Waals surface area contributed by atoms with Crippen LogP contribution in [0.15, 0.2) is 41.5 Å². The van der Waals surface area contributed by atoms with Gasteiger partial charge in [-0.05, 0) is 17.9 Å². The van der Waals surface area contributed by atoms with E-state index in [9.17, 15) is 34.2 Å². The van der Waals surface area contributed by atoms with Crippen LogP contribution in [0.25, 0.3) is 11.2 Å². The Labute approximate surface area is 375 Å². The molecule has 0 radical (unpaired) electrons. The normalized spacial score (nSPS) is 18.2. The molecule has 0 bridgehead atoms. The van der Waals surface area contributed by atoms with Gasteiger partial charge >= 0.3 is 24.0 Å². The number of nitrogens with two attached hydrogens (primary N) is 1. The number of unbranched alkanes of at least 4 members (excludes halogenated alkanes) is 14. The number of esters is 3. The minimum Gasteiger partial charge on any atom is -0.465 e. The Bertz CT molecular complexity index is 1920. The van der Waals surface area contributed by atoms with E-state index in [4.69, 9.17) is 29.4 Å². The number of imidazole rings is 1. The number of alkyl carbamates (subject to hydrolysis) is 1. The number of nitrogens with one attached hydrogen (secondary N) is 2. The van der Waals surface area contributed by atoms with Crippen LogP contribution in [0.1, 0.15) is 142 Å². The number of aliphatic hydroxyl groups excluding tert-OH is 2. The molecule has 1 saturated heterocycles. The van der Waals surface area contributed by atoms with Crippen LogP contribution in [0.2, 0.25) is 0 Å². The van der Waals surface area contributed by atoms with Gasteiger partial charge in [-0.25, -0.2) is 14.6 Å². The molecule has 1 amide bonds. The second-order valence-electron chi connectivity index (χ2n) is 17.0. The average molecular weight is 899 g/mol. The van der Waals surface area contributed by atoms with Crippen molar-refractivity contribution in [3.8, 4) is 0 Å². The van der Waals surface area contributed by atoms with Crippen molar-refractivity contribution in [1.82, 2.24) is 24.8 Å². The molecule has 18 heteroatoms. The van der Waals surface area contributed by atoms with Crippen LogP contribution in [-0.2, 0) is 44.7 Å². The number of aromatic nitrogens is 4. The zero-order valence-electron chi connectivity index (χ0n) is 37.8. The lowest BCUT2D eigenvalue weighted by atomic mass is 10.0. The highest BCUT2D eigenvalue weighted by Crippen LogP contribution is 2.31. The number of hydrogen-bond donors (Lipinski definition) is 5. The van der Waals surface area contributed by atoms with E-state index in [-0.39, 0.29) is 55.7 Å². The van der Waals surface area contributed by atoms with Crippen LogP contribution in [0, 0.1) is 11.8 Å². The van der Waals surface area contributed by atoms with Gasteiger partial charge in [-0.1, -0.05) is 141 Å². The Morgan fingerprint density at radius 1 is 0.828 bits per heavy atom. The summed E-state index contributed by atoms with van der Waals surface area (Å²) in [6, 6.07) is 7.97. The predicted octanol–water partition coefficient (Wildman–Crippen LogP) is 6.17. The number of fused-ring (bicyclic) bond motifs is 1. The highest BCUT2D eigenvalue weighted by Gasteiger charge is 2.45. The second kappa shape index (κ2) is 28.0. The van der Waals surface area contributed by atoms with Crippen molar-refractivity contribution >= 4 is 41.1 Å². The van der Waals surface area contributed by atoms with Gasteiger partial charge in [0.1, 0.15) is 37.6 Å². The molecule has 0 spiro atoms. The average Bonchev–Trinajstić information content (AvgIpc) is 3.82. The van der Waals surface area contributed by atoms with Crippen LogP contribution in [0.5, 0.6) is 0 Å². The summed E-state index contributed by atoms with van der Waals surface area (Å²) in [5.41, 5.74) is 5.81. The lowest BCUT2D eigenvalue weighted by molar-refractivity contribution is -0.158. The molecule has 1 aromatic carbocycles. The first-order valence-corrected chi connectivity index (χ1v) is 23.1. The van der Waals surface area contributed by atoms with Crippen LogP contribution < -0.4 is 16.6 Å². The van der Waals surface area contributed by atoms with Gasteiger partial charge in [0.15, 0.2) is 17.4 Å². The minimum absolute atomic E-state index is 0.00202. The van der Waals surface area contributed by atoms with Crippen LogP contribution in [-0.4, -0.2) is 97.9 Å². The molecule has 1 aliphatic heterocycles. The molecule has 0 aliphatic carbocycles. The number of hydrogen-bond acceptors (Lipinski definition) is 15. The van der Waals surface area contributed by atoms with Crippen molar-refractivity contribution in [3.05, 3.63) is 52.6 Å². The number of carbonyl (C=O) groups excluding carboxylic acids is 4. The van der Waals surface area contributed by atoms with Crippen molar-refractivity contribution in [2.45, 2.75) is 167 Å². The van der Waals surface area contributed by atoms with Gasteiger partial charge in [-0.15, -0.1) is 0 Å². The number of H-pyrrole nitrogens is 1. The maximum absolute atomic E-state index is 13.3. The molecule has 6 N–H and O–H groups in total. The first-order valence-electron chi connectivity index (χ1n) is 23.1. The van der Waals surface area contributed by atoms with Crippen LogP contribution >= 0.6 is 0 Å². The summed E-state index contributed by atoms with van der Waals surface area (Å²) >= 11 is 0. The van der Waals surface area contributed by atoms with Crippen molar-refractivity contribution in [2.24, 2.45) is 11.8 Å². The van der Waals surface area contributed by atoms with Gasteiger partial charge in [0.05, 0.1) is 26.0 Å². The molecule has 4 rings (SSSR count). The second-order valence-corrected chi connectivity index (χ2v) is 17.0. The minimum atomic E-state index is -1.52. The third kappa shape index (κ3) is 17.5. The molecule has 64 heavy (non-hydrogen) atoms. The number of nitrogens with zero attached hydrogens (tertiary/aromatic N) is 3. The topological polar surface area (TPSA) is 257 Å². The summed E-state index contributed by atoms with van der Waals surface area (Å²) in [5.74, 6) is -3.42. The third-order valence-corrected chi connectivity index (χ3v) is 11.3. The largest absolute Gasteiger partial charge is 0.465 e. The molecule has 18 nitrogen and oxygen atoms in total. The number of benzene rings is 1. The maximum Gasteiger partial charge on any atom is 0.408 e. The van der Waals surface area contributed by atoms with Gasteiger partial charge in [0, 0.05) is 12.3 Å². The number of aliphatic hydroxyl groups is 2. The summed E-state index contributed by atoms with van der Waals surface area (Å²) in [6.07, 6.45) is 12.8. The highest BCUT2D eigenvalue weighted by molar-refractivity contribution is 5.81. The molecule has 356 valence electrons. The van der Waals surface area contributed by atoms with E-state index in [1.54, 1.807) is 26.0 Å². The van der Waals surface area contributed by atoms with Gasteiger partial charge in [-0.2, -0.15) is 4.98 Å². The Hall–Kier alpha value is -5.07. The number of carbonyl (C=O) groups is 4. The van der Waals surface area contributed by atoms with E-state index in [1.807, 2.05) is 18.2 Å². The lowest BCUT2D eigenvalue weighted by Crippen LogP contribution is -2.46. The fraction of sp³-hybridized carbons (Fsp3) is 0.674. The molecule has 3 aromatic rings. The monoisotopic (exact) mass is 899 g/mol. The molecular weight excluding hydrogens is 829 g/mol. The third-order valence-electron chi connectivity index (χ3n) is 11.3. The summed E-state index contributed by atoms with van der Waals surface area (Å²) in [6.45, 7) is 4.59. The first kappa shape index (κ1) is 51.6. The van der Waals surface area contributed by atoms with E-state index in [0.29, 0.717) is 6.42 Å². The molecule has 1 fully saturated rings. The molecule has 2 aromatic heterocycles. The summed E-state index contributed by atoms with van der Waals surface area (Å²) in [4.78, 5) is 74.5. The van der Waals surface area contributed by atoms with Crippen LogP contribution in [0.3, 0.4) is 0 Å². The molecule has 2 unspecified atom stereocenters. The van der Waals surface area contributed by atoms with Gasteiger partial charge in [0.25, 0.3) is 5.56 Å². The van der Waals surface area contributed by atoms with Crippen molar-refractivity contribution < 1.29 is 53.1 Å². The Kier molecular flexibility index (Phi) is 22.5. The highest BCUT2D eigenvalue weighted by atomic mass is 16.6.